The number of hydrogen-bond donors (Lipinski definition) is 0. The second kappa shape index (κ2) is 4.80. The number of hydrogen-bond acceptors (Lipinski definition) is 2. The van der Waals surface area contributed by atoms with Crippen molar-refractivity contribution in [2.75, 3.05) is 0 Å². The number of aryl methyl sites for hydroxylation is 1. The smallest absolute Gasteiger partial charge is 0.212 e. The first-order valence-electron chi connectivity index (χ1n) is 4.47. The molecule has 1 unspecified atom stereocenters. The Hall–Kier alpha value is -0.540. The van der Waals surface area contributed by atoms with Crippen molar-refractivity contribution >= 4 is 19.7 Å². The first-order chi connectivity index (χ1) is 6.50. The van der Waals surface area contributed by atoms with Crippen molar-refractivity contribution in [2.45, 2.75) is 25.0 Å². The van der Waals surface area contributed by atoms with Gasteiger partial charge in [-0.1, -0.05) is 30.3 Å². The molecule has 4 heteroatoms. The van der Waals surface area contributed by atoms with Crippen LogP contribution < -0.4 is 0 Å². The molecule has 0 radical (unpaired) electrons. The third-order valence-electron chi connectivity index (χ3n) is 2.16. The van der Waals surface area contributed by atoms with E-state index in [1.54, 1.807) is 6.92 Å². The van der Waals surface area contributed by atoms with Gasteiger partial charge < -0.3 is 0 Å². The lowest BCUT2D eigenvalue weighted by Crippen LogP contribution is -2.12. The topological polar surface area (TPSA) is 34.1 Å². The van der Waals surface area contributed by atoms with Gasteiger partial charge in [0.1, 0.15) is 0 Å². The molecule has 0 saturated heterocycles. The summed E-state index contributed by atoms with van der Waals surface area (Å²) in [5.41, 5.74) is 1.14. The summed E-state index contributed by atoms with van der Waals surface area (Å²) in [6, 6.07) is 9.77. The van der Waals surface area contributed by atoms with Crippen molar-refractivity contribution in [3.05, 3.63) is 35.9 Å². The molecule has 0 bridgehead atoms. The molecule has 0 amide bonds. The Morgan fingerprint density at radius 1 is 1.29 bits per heavy atom. The van der Waals surface area contributed by atoms with Crippen LogP contribution in [0.2, 0.25) is 0 Å². The first kappa shape index (κ1) is 11.5. The van der Waals surface area contributed by atoms with Gasteiger partial charge in [0.15, 0.2) is 0 Å². The first-order valence-corrected chi connectivity index (χ1v) is 6.85. The van der Waals surface area contributed by atoms with Gasteiger partial charge in [0.25, 0.3) is 0 Å². The predicted molar refractivity (Wildman–Crippen MR) is 59.0 cm³/mol. The van der Waals surface area contributed by atoms with E-state index in [9.17, 15) is 8.42 Å². The van der Waals surface area contributed by atoms with E-state index < -0.39 is 14.3 Å². The van der Waals surface area contributed by atoms with Crippen molar-refractivity contribution < 1.29 is 8.42 Å². The highest BCUT2D eigenvalue weighted by Gasteiger charge is 2.16. The van der Waals surface area contributed by atoms with Gasteiger partial charge in [-0.15, -0.1) is 0 Å². The van der Waals surface area contributed by atoms with E-state index in [1.165, 1.54) is 0 Å². The van der Waals surface area contributed by atoms with Crippen LogP contribution in [0.1, 0.15) is 18.9 Å². The van der Waals surface area contributed by atoms with Crippen LogP contribution in [0.25, 0.3) is 0 Å². The van der Waals surface area contributed by atoms with Crippen LogP contribution in [0, 0.1) is 0 Å². The van der Waals surface area contributed by atoms with Crippen LogP contribution in [0.4, 0.5) is 0 Å². The zero-order valence-corrected chi connectivity index (χ0v) is 9.55. The van der Waals surface area contributed by atoms with Crippen LogP contribution in [0.3, 0.4) is 0 Å². The molecule has 1 aromatic carbocycles. The summed E-state index contributed by atoms with van der Waals surface area (Å²) >= 11 is 0. The average molecular weight is 233 g/mol. The quantitative estimate of drug-likeness (QED) is 0.748. The Morgan fingerprint density at radius 2 is 1.86 bits per heavy atom. The van der Waals surface area contributed by atoms with Crippen LogP contribution in [0.5, 0.6) is 0 Å². The van der Waals surface area contributed by atoms with Crippen molar-refractivity contribution in [1.82, 2.24) is 0 Å². The Balaban J connectivity index is 2.50. The van der Waals surface area contributed by atoms with Crippen molar-refractivity contribution in [3.63, 3.8) is 0 Å². The Bertz CT molecular complexity index is 372. The van der Waals surface area contributed by atoms with Gasteiger partial charge in [-0.3, -0.25) is 0 Å². The summed E-state index contributed by atoms with van der Waals surface area (Å²) in [6.07, 6.45) is 1.31. The summed E-state index contributed by atoms with van der Waals surface area (Å²) in [5.74, 6) is 0. The standard InChI is InChI=1S/C10H13ClO2S/c1-9(14(11,12)13)7-8-10-5-3-2-4-6-10/h2-6,9H,7-8H2,1H3. The van der Waals surface area contributed by atoms with E-state index in [4.69, 9.17) is 10.7 Å². The Kier molecular flexibility index (Phi) is 3.96. The fourth-order valence-corrected chi connectivity index (χ4v) is 1.82. The molecule has 0 fully saturated rings. The van der Waals surface area contributed by atoms with Crippen LogP contribution >= 0.6 is 10.7 Å². The van der Waals surface area contributed by atoms with E-state index in [0.717, 1.165) is 12.0 Å². The molecule has 2 nitrogen and oxygen atoms in total. The summed E-state index contributed by atoms with van der Waals surface area (Å²) < 4.78 is 21.8. The highest BCUT2D eigenvalue weighted by Crippen LogP contribution is 2.13. The summed E-state index contributed by atoms with van der Waals surface area (Å²) in [4.78, 5) is 0. The summed E-state index contributed by atoms with van der Waals surface area (Å²) in [5, 5.41) is -0.482. The second-order valence-corrected chi connectivity index (χ2v) is 6.36. The lowest BCUT2D eigenvalue weighted by molar-refractivity contribution is 0.592. The number of benzene rings is 1. The molecule has 0 saturated carbocycles. The van der Waals surface area contributed by atoms with Gasteiger partial charge in [-0.25, -0.2) is 8.42 Å². The van der Waals surface area contributed by atoms with E-state index in [2.05, 4.69) is 0 Å². The Labute approximate surface area is 89.3 Å². The van der Waals surface area contributed by atoms with Crippen molar-refractivity contribution in [1.29, 1.82) is 0 Å². The monoisotopic (exact) mass is 232 g/mol. The molecule has 0 spiro atoms. The molecule has 78 valence electrons. The molecule has 0 aliphatic rings. The lowest BCUT2D eigenvalue weighted by atomic mass is 10.1. The van der Waals surface area contributed by atoms with E-state index in [0.29, 0.717) is 6.42 Å². The molecule has 1 rings (SSSR count). The van der Waals surface area contributed by atoms with Gasteiger partial charge in [-0.2, -0.15) is 0 Å². The number of rotatable bonds is 4. The van der Waals surface area contributed by atoms with Crippen LogP contribution in [0.15, 0.2) is 30.3 Å². The number of halogens is 1. The van der Waals surface area contributed by atoms with Gasteiger partial charge in [0.05, 0.1) is 5.25 Å². The van der Waals surface area contributed by atoms with Crippen LogP contribution in [-0.2, 0) is 15.5 Å². The third-order valence-corrected chi connectivity index (χ3v) is 4.27. The van der Waals surface area contributed by atoms with Gasteiger partial charge in [0.2, 0.25) is 9.05 Å². The van der Waals surface area contributed by atoms with Crippen molar-refractivity contribution in [3.8, 4) is 0 Å². The maximum atomic E-state index is 10.9. The van der Waals surface area contributed by atoms with E-state index in [-0.39, 0.29) is 0 Å². The molecule has 1 atom stereocenters. The zero-order chi connectivity index (χ0) is 10.6. The van der Waals surface area contributed by atoms with Crippen molar-refractivity contribution in [2.24, 2.45) is 0 Å². The molecule has 0 aliphatic heterocycles. The lowest BCUT2D eigenvalue weighted by Gasteiger charge is -2.06. The normalized spacial score (nSPS) is 13.9. The minimum atomic E-state index is -3.40. The van der Waals surface area contributed by atoms with Gasteiger partial charge in [-0.05, 0) is 25.3 Å². The molecule has 1 aromatic rings. The summed E-state index contributed by atoms with van der Waals surface area (Å²) in [7, 11) is 1.82. The SMILES string of the molecule is CC(CCc1ccccc1)S(=O)(=O)Cl. The maximum Gasteiger partial charge on any atom is 0.235 e. The highest BCUT2D eigenvalue weighted by molar-refractivity contribution is 8.14. The fraction of sp³-hybridized carbons (Fsp3) is 0.400. The molecular formula is C10H13ClO2S. The van der Waals surface area contributed by atoms with Gasteiger partial charge >= 0.3 is 0 Å². The third kappa shape index (κ3) is 3.68. The second-order valence-electron chi connectivity index (χ2n) is 3.31. The molecule has 14 heavy (non-hydrogen) atoms. The minimum absolute atomic E-state index is 0.482. The largest absolute Gasteiger partial charge is 0.235 e. The maximum absolute atomic E-state index is 10.9. The van der Waals surface area contributed by atoms with E-state index >= 15 is 0 Å². The molecule has 0 aromatic heterocycles. The van der Waals surface area contributed by atoms with Crippen LogP contribution in [-0.4, -0.2) is 13.7 Å². The molecule has 0 heterocycles. The fourth-order valence-electron chi connectivity index (χ4n) is 1.16. The van der Waals surface area contributed by atoms with E-state index in [1.807, 2.05) is 30.3 Å². The molecule has 0 N–H and O–H groups in total. The predicted octanol–water partition coefficient (Wildman–Crippen LogP) is 2.58. The van der Waals surface area contributed by atoms with Gasteiger partial charge in [0, 0.05) is 10.7 Å². The zero-order valence-electron chi connectivity index (χ0n) is 7.98. The average Bonchev–Trinajstić information content (AvgIpc) is 2.14. The highest BCUT2D eigenvalue weighted by atomic mass is 35.7. The Morgan fingerprint density at radius 3 is 2.36 bits per heavy atom. The molecular weight excluding hydrogens is 220 g/mol. The summed E-state index contributed by atoms with van der Waals surface area (Å²) in [6.45, 7) is 1.63. The minimum Gasteiger partial charge on any atom is -0.212 e. The molecule has 0 aliphatic carbocycles.